The predicted molar refractivity (Wildman–Crippen MR) is 117 cm³/mol. The van der Waals surface area contributed by atoms with Crippen molar-refractivity contribution >= 4 is 0 Å². The third kappa shape index (κ3) is 10.3. The Balaban J connectivity index is 6.08. The maximum Gasteiger partial charge on any atom is 0.164 e. The number of hydrogen-bond donors (Lipinski definition) is 0. The molecule has 28 heavy (non-hydrogen) atoms. The van der Waals surface area contributed by atoms with Crippen LogP contribution in [-0.4, -0.2) is 22.4 Å². The Hall–Kier alpha value is -0.600. The highest BCUT2D eigenvalue weighted by molar-refractivity contribution is 5.22. The normalized spacial score (nSPS) is 16.6. The second-order valence-corrected chi connectivity index (χ2v) is 12.6. The summed E-state index contributed by atoms with van der Waals surface area (Å²) in [5.74, 6) is 6.67. The van der Waals surface area contributed by atoms with Gasteiger partial charge in [0, 0.05) is 5.92 Å². The highest BCUT2D eigenvalue weighted by atomic mass is 17.2. The van der Waals surface area contributed by atoms with Crippen molar-refractivity contribution in [3.8, 4) is 11.8 Å². The first-order valence-electron chi connectivity index (χ1n) is 10.3. The minimum Gasteiger partial charge on any atom is -0.229 e. The molecule has 4 nitrogen and oxygen atoms in total. The summed E-state index contributed by atoms with van der Waals surface area (Å²) in [4.78, 5) is 23.0. The van der Waals surface area contributed by atoms with Gasteiger partial charge in [-0.3, -0.25) is 0 Å². The Kier molecular flexibility index (Phi) is 8.45. The zero-order valence-corrected chi connectivity index (χ0v) is 21.2. The van der Waals surface area contributed by atoms with Crippen molar-refractivity contribution in [2.75, 3.05) is 0 Å². The van der Waals surface area contributed by atoms with Crippen molar-refractivity contribution in [3.05, 3.63) is 0 Å². The molecule has 0 saturated carbocycles. The molecule has 0 aliphatic carbocycles. The molecule has 0 saturated heterocycles. The number of rotatable bonds is 5. The quantitative estimate of drug-likeness (QED) is 0.292. The summed E-state index contributed by atoms with van der Waals surface area (Å²) in [6.45, 7) is 30.8. The van der Waals surface area contributed by atoms with Crippen LogP contribution in [0.15, 0.2) is 0 Å². The molecule has 0 radical (unpaired) electrons. The molecular weight excluding hydrogens is 352 g/mol. The van der Waals surface area contributed by atoms with Crippen LogP contribution in [0.4, 0.5) is 0 Å². The average Bonchev–Trinajstić information content (AvgIpc) is 2.37. The second-order valence-electron chi connectivity index (χ2n) is 12.6. The summed E-state index contributed by atoms with van der Waals surface area (Å²) in [5, 5.41) is 0. The largest absolute Gasteiger partial charge is 0.229 e. The monoisotopic (exact) mass is 398 g/mol. The molecule has 1 atom stereocenters. The van der Waals surface area contributed by atoms with Gasteiger partial charge in [-0.1, -0.05) is 53.4 Å². The van der Waals surface area contributed by atoms with E-state index in [0.29, 0.717) is 0 Å². The summed E-state index contributed by atoms with van der Waals surface area (Å²) >= 11 is 0. The van der Waals surface area contributed by atoms with E-state index in [1.54, 1.807) is 0 Å². The van der Waals surface area contributed by atoms with Crippen LogP contribution in [0.3, 0.4) is 0 Å². The topological polar surface area (TPSA) is 36.9 Å². The molecule has 0 amide bonds. The summed E-state index contributed by atoms with van der Waals surface area (Å²) < 4.78 is 0. The van der Waals surface area contributed by atoms with Gasteiger partial charge < -0.3 is 0 Å². The molecule has 0 aromatic rings. The van der Waals surface area contributed by atoms with Crippen LogP contribution in [0.1, 0.15) is 104 Å². The third-order valence-corrected chi connectivity index (χ3v) is 3.86. The lowest BCUT2D eigenvalue weighted by Crippen LogP contribution is -2.51. The molecule has 4 heteroatoms. The van der Waals surface area contributed by atoms with Gasteiger partial charge in [-0.2, -0.15) is 0 Å². The maximum atomic E-state index is 6.08. The van der Waals surface area contributed by atoms with Gasteiger partial charge in [0.05, 0.1) is 11.2 Å². The van der Waals surface area contributed by atoms with Crippen LogP contribution >= 0.6 is 0 Å². The van der Waals surface area contributed by atoms with E-state index in [0.717, 1.165) is 0 Å². The summed E-state index contributed by atoms with van der Waals surface area (Å²) in [6, 6.07) is 0. The number of hydrogen-bond acceptors (Lipinski definition) is 4. The van der Waals surface area contributed by atoms with Gasteiger partial charge in [-0.15, -0.1) is 0 Å². The molecule has 0 bridgehead atoms. The molecule has 0 rings (SSSR count). The molecule has 0 fully saturated rings. The molecule has 0 N–H and O–H groups in total. The zero-order chi connectivity index (χ0) is 22.8. The van der Waals surface area contributed by atoms with Gasteiger partial charge in [0.2, 0.25) is 0 Å². The van der Waals surface area contributed by atoms with Gasteiger partial charge >= 0.3 is 0 Å². The van der Waals surface area contributed by atoms with Crippen molar-refractivity contribution < 1.29 is 19.6 Å². The first-order valence-corrected chi connectivity index (χ1v) is 10.3. The molecule has 0 aromatic carbocycles. The predicted octanol–water partition coefficient (Wildman–Crippen LogP) is 6.73. The average molecular weight is 399 g/mol. The van der Waals surface area contributed by atoms with Crippen LogP contribution < -0.4 is 0 Å². The first-order chi connectivity index (χ1) is 12.0. The fraction of sp³-hybridized carbons (Fsp3) is 0.917. The lowest BCUT2D eigenvalue weighted by molar-refractivity contribution is -0.405. The van der Waals surface area contributed by atoms with Crippen LogP contribution in [0.5, 0.6) is 0 Å². The fourth-order valence-corrected chi connectivity index (χ4v) is 3.83. The smallest absolute Gasteiger partial charge is 0.164 e. The van der Waals surface area contributed by atoms with Gasteiger partial charge in [-0.25, -0.2) is 19.6 Å². The molecule has 0 aromatic heterocycles. The molecule has 0 aliphatic heterocycles. The van der Waals surface area contributed by atoms with Crippen molar-refractivity contribution in [2.24, 2.45) is 16.7 Å². The zero-order valence-electron chi connectivity index (χ0n) is 21.2. The molecule has 1 unspecified atom stereocenters. The first kappa shape index (κ1) is 27.4. The Labute approximate surface area is 174 Å². The molecule has 0 spiro atoms. The van der Waals surface area contributed by atoms with E-state index in [4.69, 9.17) is 19.6 Å². The summed E-state index contributed by atoms with van der Waals surface area (Å²) in [6.07, 6.45) is 0. The Morgan fingerprint density at radius 3 is 1.14 bits per heavy atom. The van der Waals surface area contributed by atoms with E-state index in [9.17, 15) is 0 Å². The molecular formula is C24H46O4. The summed E-state index contributed by atoms with van der Waals surface area (Å²) in [5.41, 5.74) is -2.60. The van der Waals surface area contributed by atoms with Gasteiger partial charge in [-0.05, 0) is 73.1 Å². The second kappa shape index (κ2) is 8.64. The molecule has 0 heterocycles. The lowest BCUT2D eigenvalue weighted by Gasteiger charge is -2.48. The van der Waals surface area contributed by atoms with Gasteiger partial charge in [0.1, 0.15) is 0 Å². The van der Waals surface area contributed by atoms with E-state index < -0.39 is 22.4 Å². The van der Waals surface area contributed by atoms with Crippen LogP contribution in [0.25, 0.3) is 0 Å². The summed E-state index contributed by atoms with van der Waals surface area (Å²) in [7, 11) is 0. The Bertz CT molecular complexity index is 539. The van der Waals surface area contributed by atoms with Crippen LogP contribution in [0.2, 0.25) is 0 Å². The highest BCUT2D eigenvalue weighted by Crippen LogP contribution is 2.48. The third-order valence-electron chi connectivity index (χ3n) is 3.86. The maximum absolute atomic E-state index is 6.08. The Morgan fingerprint density at radius 2 is 0.821 bits per heavy atom. The van der Waals surface area contributed by atoms with E-state index in [2.05, 4.69) is 53.4 Å². The lowest BCUT2D eigenvalue weighted by atomic mass is 9.60. The van der Waals surface area contributed by atoms with E-state index >= 15 is 0 Å². The van der Waals surface area contributed by atoms with Crippen molar-refractivity contribution in [3.63, 3.8) is 0 Å². The van der Waals surface area contributed by atoms with E-state index in [-0.39, 0.29) is 16.7 Å². The minimum absolute atomic E-state index is 0.0597. The van der Waals surface area contributed by atoms with Crippen molar-refractivity contribution in [1.29, 1.82) is 0 Å². The van der Waals surface area contributed by atoms with E-state index in [1.807, 2.05) is 62.3 Å². The van der Waals surface area contributed by atoms with Crippen molar-refractivity contribution in [2.45, 2.75) is 126 Å². The Morgan fingerprint density at radius 1 is 0.464 bits per heavy atom. The highest BCUT2D eigenvalue weighted by Gasteiger charge is 2.49. The van der Waals surface area contributed by atoms with Gasteiger partial charge in [0.25, 0.3) is 0 Å². The fourth-order valence-electron chi connectivity index (χ4n) is 3.83. The minimum atomic E-state index is -0.841. The molecule has 166 valence electrons. The van der Waals surface area contributed by atoms with Crippen LogP contribution in [-0.2, 0) is 19.6 Å². The standard InChI is InChI=1S/C24H46O4/c1-19(2,3)18(20(4,5)6)24(15,28-26-22(10,11)12)17-16-23(13,14)27-25-21(7,8)9/h18H,1-15H3. The van der Waals surface area contributed by atoms with E-state index in [1.165, 1.54) is 0 Å². The van der Waals surface area contributed by atoms with Crippen molar-refractivity contribution in [1.82, 2.24) is 0 Å². The SMILES string of the molecule is CC(C)(C)OOC(C)(C)C#CC(C)(OOC(C)(C)C)C(C(C)(C)C)C(C)(C)C. The van der Waals surface area contributed by atoms with Crippen LogP contribution in [0, 0.1) is 28.6 Å². The molecule has 0 aliphatic rings. The van der Waals surface area contributed by atoms with Gasteiger partial charge in [0.15, 0.2) is 11.2 Å².